The Morgan fingerprint density at radius 3 is 2.85 bits per heavy atom. The third-order valence-corrected chi connectivity index (χ3v) is 5.54. The molecule has 27 heavy (non-hydrogen) atoms. The van der Waals surface area contributed by atoms with Crippen LogP contribution in [-0.4, -0.2) is 26.7 Å². The highest BCUT2D eigenvalue weighted by atomic mass is 35.5. The second-order valence-electron chi connectivity index (χ2n) is 7.28. The maximum Gasteiger partial charge on any atom is 0.153 e. The van der Waals surface area contributed by atoms with Crippen molar-refractivity contribution in [2.45, 2.75) is 37.6 Å². The van der Waals surface area contributed by atoms with Crippen LogP contribution in [0, 0.1) is 0 Å². The molecule has 1 unspecified atom stereocenters. The summed E-state index contributed by atoms with van der Waals surface area (Å²) in [6, 6.07) is 12.5. The Morgan fingerprint density at radius 1 is 1.07 bits per heavy atom. The summed E-state index contributed by atoms with van der Waals surface area (Å²) in [6.45, 7) is 0.974. The summed E-state index contributed by atoms with van der Waals surface area (Å²) in [6.07, 6.45) is 6.34. The molecule has 3 heterocycles. The number of hydrogen-bond acceptors (Lipinski definition) is 5. The lowest BCUT2D eigenvalue weighted by Gasteiger charge is -2.26. The third kappa shape index (κ3) is 3.49. The summed E-state index contributed by atoms with van der Waals surface area (Å²) in [5, 5.41) is 11.5. The van der Waals surface area contributed by atoms with Gasteiger partial charge in [-0.25, -0.2) is 9.97 Å². The van der Waals surface area contributed by atoms with Crippen LogP contribution in [0.4, 0.5) is 17.5 Å². The van der Waals surface area contributed by atoms with Gasteiger partial charge in [0.25, 0.3) is 0 Å². The monoisotopic (exact) mass is 380 g/mol. The van der Waals surface area contributed by atoms with Gasteiger partial charge in [-0.1, -0.05) is 23.7 Å². The first-order valence-electron chi connectivity index (χ1n) is 9.43. The molecule has 5 rings (SSSR count). The molecule has 138 valence electrons. The Hall–Kier alpha value is -2.60. The highest BCUT2D eigenvalue weighted by molar-refractivity contribution is 6.30. The van der Waals surface area contributed by atoms with Crippen LogP contribution in [0.5, 0.6) is 0 Å². The van der Waals surface area contributed by atoms with Crippen LogP contribution in [0.2, 0.25) is 5.02 Å². The summed E-state index contributed by atoms with van der Waals surface area (Å²) in [4.78, 5) is 11.2. The van der Waals surface area contributed by atoms with E-state index in [0.717, 1.165) is 41.9 Å². The predicted octanol–water partition coefficient (Wildman–Crippen LogP) is 4.82. The topological polar surface area (TPSA) is 69.7 Å². The average molecular weight is 381 g/mol. The molecule has 2 aromatic heterocycles. The number of anilines is 3. The van der Waals surface area contributed by atoms with Crippen molar-refractivity contribution in [3.63, 3.8) is 0 Å². The van der Waals surface area contributed by atoms with Crippen molar-refractivity contribution >= 4 is 29.1 Å². The van der Waals surface area contributed by atoms with E-state index in [1.54, 1.807) is 6.33 Å². The molecule has 0 radical (unpaired) electrons. The first-order chi connectivity index (χ1) is 13.3. The van der Waals surface area contributed by atoms with E-state index < -0.39 is 0 Å². The van der Waals surface area contributed by atoms with Crippen molar-refractivity contribution in [2.24, 2.45) is 0 Å². The van der Waals surface area contributed by atoms with Gasteiger partial charge in [0, 0.05) is 35.3 Å². The molecule has 0 bridgehead atoms. The highest BCUT2D eigenvalue weighted by Crippen LogP contribution is 2.40. The molecule has 6 nitrogen and oxygen atoms in total. The maximum absolute atomic E-state index is 6.20. The fraction of sp³-hybridized carbons (Fsp3) is 0.350. The Kier molecular flexibility index (Phi) is 4.20. The van der Waals surface area contributed by atoms with Gasteiger partial charge < -0.3 is 10.2 Å². The van der Waals surface area contributed by atoms with Crippen LogP contribution >= 0.6 is 11.6 Å². The molecule has 1 saturated carbocycles. The van der Waals surface area contributed by atoms with Crippen LogP contribution in [-0.2, 0) is 0 Å². The molecule has 1 aromatic carbocycles. The van der Waals surface area contributed by atoms with Gasteiger partial charge in [-0.2, -0.15) is 5.10 Å². The number of hydrogen-bond donors (Lipinski definition) is 2. The molecule has 7 heteroatoms. The number of aromatic nitrogens is 4. The highest BCUT2D eigenvalue weighted by Gasteiger charge is 2.28. The van der Waals surface area contributed by atoms with E-state index in [2.05, 4.69) is 42.5 Å². The lowest BCUT2D eigenvalue weighted by Crippen LogP contribution is -2.23. The van der Waals surface area contributed by atoms with E-state index >= 15 is 0 Å². The van der Waals surface area contributed by atoms with Gasteiger partial charge in [0.05, 0.1) is 6.04 Å². The van der Waals surface area contributed by atoms with Crippen molar-refractivity contribution in [3.8, 4) is 0 Å². The lowest BCUT2D eigenvalue weighted by atomic mass is 10.0. The number of aromatic amines is 1. The maximum atomic E-state index is 6.20. The van der Waals surface area contributed by atoms with Crippen LogP contribution in [0.15, 0.2) is 42.7 Å². The standard InChI is InChI=1S/C20H21ClN6/c21-15-4-1-3-14(9-15)17-5-2-8-27(17)20-11-18(22-12-23-20)24-19-10-16(25-26-19)13-6-7-13/h1,3-4,9-13,17H,2,5-8H2,(H2,22,23,24,25,26). The number of halogens is 1. The van der Waals surface area contributed by atoms with Gasteiger partial charge in [-0.3, -0.25) is 5.10 Å². The fourth-order valence-corrected chi connectivity index (χ4v) is 4.01. The molecule has 1 aliphatic heterocycles. The third-order valence-electron chi connectivity index (χ3n) is 5.30. The summed E-state index contributed by atoms with van der Waals surface area (Å²) < 4.78 is 0. The van der Waals surface area contributed by atoms with Crippen LogP contribution in [0.25, 0.3) is 0 Å². The van der Waals surface area contributed by atoms with E-state index in [1.807, 2.05) is 24.3 Å². The molecule has 0 spiro atoms. The summed E-state index contributed by atoms with van der Waals surface area (Å²) >= 11 is 6.20. The molecular weight excluding hydrogens is 360 g/mol. The van der Waals surface area contributed by atoms with Crippen molar-refractivity contribution < 1.29 is 0 Å². The molecule has 1 atom stereocenters. The van der Waals surface area contributed by atoms with Crippen molar-refractivity contribution in [1.29, 1.82) is 0 Å². The van der Waals surface area contributed by atoms with E-state index in [0.29, 0.717) is 12.0 Å². The van der Waals surface area contributed by atoms with E-state index in [1.165, 1.54) is 24.1 Å². The van der Waals surface area contributed by atoms with Crippen LogP contribution in [0.1, 0.15) is 48.9 Å². The Balaban J connectivity index is 1.37. The molecule has 2 fully saturated rings. The molecule has 2 aliphatic rings. The zero-order valence-corrected chi connectivity index (χ0v) is 15.7. The largest absolute Gasteiger partial charge is 0.349 e. The first kappa shape index (κ1) is 16.6. The normalized spacial score (nSPS) is 19.4. The van der Waals surface area contributed by atoms with Gasteiger partial charge in [0.1, 0.15) is 18.0 Å². The molecular formula is C20H21ClN6. The molecule has 3 aromatic rings. The van der Waals surface area contributed by atoms with Gasteiger partial charge in [-0.05, 0) is 43.4 Å². The van der Waals surface area contributed by atoms with Crippen LogP contribution < -0.4 is 10.2 Å². The lowest BCUT2D eigenvalue weighted by molar-refractivity contribution is 0.711. The fourth-order valence-electron chi connectivity index (χ4n) is 3.81. The second kappa shape index (κ2) is 6.85. The van der Waals surface area contributed by atoms with E-state index in [4.69, 9.17) is 11.6 Å². The van der Waals surface area contributed by atoms with Crippen molar-refractivity contribution in [1.82, 2.24) is 20.2 Å². The minimum absolute atomic E-state index is 0.290. The van der Waals surface area contributed by atoms with E-state index in [9.17, 15) is 0 Å². The Morgan fingerprint density at radius 2 is 2.00 bits per heavy atom. The van der Waals surface area contributed by atoms with Crippen molar-refractivity contribution in [3.05, 3.63) is 59.0 Å². The second-order valence-corrected chi connectivity index (χ2v) is 7.71. The predicted molar refractivity (Wildman–Crippen MR) is 107 cm³/mol. The van der Waals surface area contributed by atoms with Gasteiger partial charge in [0.15, 0.2) is 5.82 Å². The van der Waals surface area contributed by atoms with Gasteiger partial charge >= 0.3 is 0 Å². The minimum Gasteiger partial charge on any atom is -0.349 e. The summed E-state index contributed by atoms with van der Waals surface area (Å²) in [5.74, 6) is 3.13. The smallest absolute Gasteiger partial charge is 0.153 e. The molecule has 2 N–H and O–H groups in total. The molecule has 1 saturated heterocycles. The van der Waals surface area contributed by atoms with E-state index in [-0.39, 0.29) is 0 Å². The number of nitrogens with zero attached hydrogens (tertiary/aromatic N) is 4. The number of H-pyrrole nitrogens is 1. The zero-order chi connectivity index (χ0) is 18.2. The molecule has 0 amide bonds. The average Bonchev–Trinajstić information content (AvgIpc) is 3.22. The first-order valence-corrected chi connectivity index (χ1v) is 9.80. The van der Waals surface area contributed by atoms with Gasteiger partial charge in [0.2, 0.25) is 0 Å². The Bertz CT molecular complexity index is 951. The molecule has 1 aliphatic carbocycles. The summed E-state index contributed by atoms with van der Waals surface area (Å²) in [7, 11) is 0. The quantitative estimate of drug-likeness (QED) is 0.664. The number of rotatable bonds is 5. The van der Waals surface area contributed by atoms with Crippen molar-refractivity contribution in [2.75, 3.05) is 16.8 Å². The SMILES string of the molecule is Clc1cccc(C2CCCN2c2cc(Nc3cc(C4CC4)[nH]n3)ncn2)c1. The minimum atomic E-state index is 0.290. The number of benzene rings is 1. The zero-order valence-electron chi connectivity index (χ0n) is 14.9. The van der Waals surface area contributed by atoms with Crippen LogP contribution in [0.3, 0.4) is 0 Å². The summed E-state index contributed by atoms with van der Waals surface area (Å²) in [5.41, 5.74) is 2.43. The van der Waals surface area contributed by atoms with Gasteiger partial charge in [-0.15, -0.1) is 0 Å². The number of nitrogens with one attached hydrogen (secondary N) is 2. The Labute approximate surface area is 163 Å².